The molecule has 3 saturated carbocycles. The molecule has 0 bridgehead atoms. The van der Waals surface area contributed by atoms with E-state index in [1.807, 2.05) is 0 Å². The predicted octanol–water partition coefficient (Wildman–Crippen LogP) is 8.48. The van der Waals surface area contributed by atoms with Crippen LogP contribution in [0.5, 0.6) is 0 Å². The monoisotopic (exact) mass is 426 g/mol. The zero-order chi connectivity index (χ0) is 22.6. The lowest BCUT2D eigenvalue weighted by Gasteiger charge is -2.60. The average molecular weight is 427 g/mol. The van der Waals surface area contributed by atoms with E-state index in [-0.39, 0.29) is 0 Å². The maximum absolute atomic E-state index is 12.2. The first kappa shape index (κ1) is 23.6. The highest BCUT2D eigenvalue weighted by atomic mass is 16.1. The van der Waals surface area contributed by atoms with Gasteiger partial charge in [-0.05, 0) is 109 Å². The van der Waals surface area contributed by atoms with Crippen molar-refractivity contribution in [2.24, 2.45) is 58.2 Å². The molecule has 0 spiro atoms. The molecular formula is C30H50O. The first-order valence-electron chi connectivity index (χ1n) is 13.9. The van der Waals surface area contributed by atoms with Gasteiger partial charge in [-0.15, -0.1) is 0 Å². The molecule has 0 radical (unpaired) electrons. The first-order chi connectivity index (χ1) is 14.6. The topological polar surface area (TPSA) is 17.1 Å². The maximum Gasteiger partial charge on any atom is 0.155 e. The lowest BCUT2D eigenvalue weighted by atomic mass is 9.44. The number of rotatable bonds is 6. The average Bonchev–Trinajstić information content (AvgIpc) is 3.06. The molecule has 0 unspecified atom stereocenters. The van der Waals surface area contributed by atoms with Crippen LogP contribution in [0.1, 0.15) is 113 Å². The summed E-state index contributed by atoms with van der Waals surface area (Å²) in [5, 5.41) is 0. The van der Waals surface area contributed by atoms with Gasteiger partial charge in [-0.3, -0.25) is 4.79 Å². The van der Waals surface area contributed by atoms with E-state index >= 15 is 0 Å². The Labute approximate surface area is 193 Å². The molecule has 1 heteroatoms. The van der Waals surface area contributed by atoms with Gasteiger partial charge >= 0.3 is 0 Å². The molecule has 0 aromatic carbocycles. The molecule has 0 aromatic rings. The van der Waals surface area contributed by atoms with Gasteiger partial charge in [0.05, 0.1) is 0 Å². The predicted molar refractivity (Wildman–Crippen MR) is 132 cm³/mol. The molecule has 1 nitrogen and oxygen atoms in total. The summed E-state index contributed by atoms with van der Waals surface area (Å²) in [6, 6.07) is 0. The highest BCUT2D eigenvalue weighted by Crippen LogP contribution is 2.68. The molecule has 0 saturated heterocycles. The standard InChI is InChI=1S/C30H50O/c1-8-22(19(2)3)10-9-20(4)25-11-12-26-28-21(5)17-23-18-24(31)13-15-29(23,6)27(28)14-16-30(25,26)7/h18-22,25-28H,8-17H2,1-7H3/t20-,21+,22-,25-,26+,27+,28+,29+,30-/m1/s1. The molecule has 4 rings (SSSR count). The third-order valence-electron chi connectivity index (χ3n) is 11.5. The third kappa shape index (κ3) is 3.89. The Hall–Kier alpha value is -0.590. The summed E-state index contributed by atoms with van der Waals surface area (Å²) in [5.41, 5.74) is 2.38. The van der Waals surface area contributed by atoms with Gasteiger partial charge < -0.3 is 0 Å². The zero-order valence-electron chi connectivity index (χ0n) is 21.7. The summed E-state index contributed by atoms with van der Waals surface area (Å²) in [6.45, 7) is 17.6. The van der Waals surface area contributed by atoms with Gasteiger partial charge in [-0.25, -0.2) is 0 Å². The molecule has 0 aromatic heterocycles. The summed E-state index contributed by atoms with van der Waals surface area (Å²) in [5.74, 6) is 7.27. The van der Waals surface area contributed by atoms with Gasteiger partial charge in [0, 0.05) is 6.42 Å². The first-order valence-corrected chi connectivity index (χ1v) is 13.9. The Balaban J connectivity index is 1.52. The number of allylic oxidation sites excluding steroid dienone is 1. The van der Waals surface area contributed by atoms with Crippen molar-refractivity contribution in [3.63, 3.8) is 0 Å². The number of fused-ring (bicyclic) bond motifs is 5. The van der Waals surface area contributed by atoms with Crippen LogP contribution in [-0.4, -0.2) is 5.78 Å². The minimum atomic E-state index is 0.307. The summed E-state index contributed by atoms with van der Waals surface area (Å²) < 4.78 is 0. The van der Waals surface area contributed by atoms with Crippen molar-refractivity contribution in [3.05, 3.63) is 11.6 Å². The highest BCUT2D eigenvalue weighted by Gasteiger charge is 2.60. The van der Waals surface area contributed by atoms with Crippen LogP contribution in [-0.2, 0) is 4.79 Å². The molecule has 0 heterocycles. The van der Waals surface area contributed by atoms with Crippen LogP contribution in [0.4, 0.5) is 0 Å². The van der Waals surface area contributed by atoms with Crippen molar-refractivity contribution in [2.45, 2.75) is 113 Å². The Morgan fingerprint density at radius 2 is 1.77 bits per heavy atom. The summed E-state index contributed by atoms with van der Waals surface area (Å²) in [7, 11) is 0. The molecule has 4 aliphatic rings. The van der Waals surface area contributed by atoms with Gasteiger partial charge in [0.1, 0.15) is 0 Å². The van der Waals surface area contributed by atoms with E-state index < -0.39 is 0 Å². The number of hydrogen-bond acceptors (Lipinski definition) is 1. The number of carbonyl (C=O) groups excluding carboxylic acids is 1. The molecule has 0 N–H and O–H groups in total. The second kappa shape index (κ2) is 8.64. The molecule has 176 valence electrons. The van der Waals surface area contributed by atoms with E-state index in [0.29, 0.717) is 16.6 Å². The molecule has 0 amide bonds. The summed E-state index contributed by atoms with van der Waals surface area (Å²) in [6.07, 6.45) is 15.1. The van der Waals surface area contributed by atoms with Crippen LogP contribution in [0.2, 0.25) is 0 Å². The lowest BCUT2D eigenvalue weighted by molar-refractivity contribution is -0.119. The van der Waals surface area contributed by atoms with Crippen molar-refractivity contribution in [1.29, 1.82) is 0 Å². The van der Waals surface area contributed by atoms with Gasteiger partial charge in [-0.2, -0.15) is 0 Å². The van der Waals surface area contributed by atoms with E-state index in [9.17, 15) is 4.79 Å². The SMILES string of the molecule is CC[C@H](CC[C@@H](C)[C@H]1CC[C@H]2[C@@H]3[C@@H](C)CC4=CC(=O)CC[C@]4(C)[C@H]3CC[C@]12C)C(C)C. The molecule has 31 heavy (non-hydrogen) atoms. The van der Waals surface area contributed by atoms with E-state index in [4.69, 9.17) is 0 Å². The normalized spacial score (nSPS) is 44.3. The molecule has 3 fully saturated rings. The zero-order valence-corrected chi connectivity index (χ0v) is 21.7. The fourth-order valence-electron chi connectivity index (χ4n) is 9.57. The molecule has 9 atom stereocenters. The van der Waals surface area contributed by atoms with Crippen molar-refractivity contribution >= 4 is 5.78 Å². The second-order valence-corrected chi connectivity index (χ2v) is 13.2. The van der Waals surface area contributed by atoms with Crippen LogP contribution in [0.3, 0.4) is 0 Å². The minimum Gasteiger partial charge on any atom is -0.295 e. The van der Waals surface area contributed by atoms with E-state index in [2.05, 4.69) is 54.5 Å². The quantitative estimate of drug-likeness (QED) is 0.416. The van der Waals surface area contributed by atoms with Crippen LogP contribution in [0, 0.1) is 58.2 Å². The van der Waals surface area contributed by atoms with E-state index in [0.717, 1.165) is 60.2 Å². The number of ketones is 1. The highest BCUT2D eigenvalue weighted by molar-refractivity contribution is 5.91. The molecular weight excluding hydrogens is 376 g/mol. The van der Waals surface area contributed by atoms with Crippen molar-refractivity contribution in [1.82, 2.24) is 0 Å². The Kier molecular flexibility index (Phi) is 6.57. The lowest BCUT2D eigenvalue weighted by Crippen LogP contribution is -2.53. The van der Waals surface area contributed by atoms with Gasteiger partial charge in [0.2, 0.25) is 0 Å². The Bertz CT molecular complexity index is 703. The number of carbonyl (C=O) groups is 1. The second-order valence-electron chi connectivity index (χ2n) is 13.2. The van der Waals surface area contributed by atoms with Gasteiger partial charge in [0.15, 0.2) is 5.78 Å². The summed E-state index contributed by atoms with van der Waals surface area (Å²) >= 11 is 0. The van der Waals surface area contributed by atoms with E-state index in [1.165, 1.54) is 56.9 Å². The van der Waals surface area contributed by atoms with Crippen LogP contribution >= 0.6 is 0 Å². The maximum atomic E-state index is 12.2. The fraction of sp³-hybridized carbons (Fsp3) is 0.900. The largest absolute Gasteiger partial charge is 0.295 e. The fourth-order valence-corrected chi connectivity index (χ4v) is 9.57. The van der Waals surface area contributed by atoms with Crippen LogP contribution in [0.15, 0.2) is 11.6 Å². The van der Waals surface area contributed by atoms with Crippen molar-refractivity contribution < 1.29 is 4.79 Å². The van der Waals surface area contributed by atoms with Crippen molar-refractivity contribution in [2.75, 3.05) is 0 Å². The number of hydrogen-bond donors (Lipinski definition) is 0. The van der Waals surface area contributed by atoms with Crippen LogP contribution < -0.4 is 0 Å². The molecule has 4 aliphatic carbocycles. The van der Waals surface area contributed by atoms with Crippen LogP contribution in [0.25, 0.3) is 0 Å². The van der Waals surface area contributed by atoms with E-state index in [1.54, 1.807) is 0 Å². The molecule has 0 aliphatic heterocycles. The van der Waals surface area contributed by atoms with Gasteiger partial charge in [-0.1, -0.05) is 66.9 Å². The Morgan fingerprint density at radius 3 is 2.45 bits per heavy atom. The smallest absolute Gasteiger partial charge is 0.155 e. The minimum absolute atomic E-state index is 0.307. The Morgan fingerprint density at radius 1 is 1.03 bits per heavy atom. The van der Waals surface area contributed by atoms with Crippen molar-refractivity contribution in [3.8, 4) is 0 Å². The summed E-state index contributed by atoms with van der Waals surface area (Å²) in [4.78, 5) is 12.2. The van der Waals surface area contributed by atoms with Gasteiger partial charge in [0.25, 0.3) is 0 Å². The third-order valence-corrected chi connectivity index (χ3v) is 11.5.